The number of amides is 1. The van der Waals surface area contributed by atoms with Gasteiger partial charge < -0.3 is 10.0 Å². The first kappa shape index (κ1) is 17.7. The van der Waals surface area contributed by atoms with Crippen LogP contribution < -0.4 is 0 Å². The van der Waals surface area contributed by atoms with Gasteiger partial charge in [0.2, 0.25) is 0 Å². The molecule has 0 aliphatic rings. The molecule has 2 aromatic carbocycles. The first-order chi connectivity index (χ1) is 11.4. The maximum Gasteiger partial charge on any atom is 0.254 e. The van der Waals surface area contributed by atoms with Crippen LogP contribution in [0.25, 0.3) is 11.1 Å². The van der Waals surface area contributed by atoms with Gasteiger partial charge >= 0.3 is 0 Å². The molecule has 0 atom stereocenters. The summed E-state index contributed by atoms with van der Waals surface area (Å²) in [6, 6.07) is 16.7. The quantitative estimate of drug-likeness (QED) is 0.917. The molecule has 1 N–H and O–H groups in total. The van der Waals surface area contributed by atoms with E-state index in [1.54, 1.807) is 36.9 Å². The molecule has 0 aliphatic carbocycles. The number of carbonyl (C=O) groups excluding carboxylic acids is 1. The van der Waals surface area contributed by atoms with E-state index in [1.165, 1.54) is 0 Å². The van der Waals surface area contributed by atoms with Crippen molar-refractivity contribution in [1.29, 1.82) is 5.26 Å². The Morgan fingerprint density at radius 2 is 1.71 bits per heavy atom. The summed E-state index contributed by atoms with van der Waals surface area (Å²) >= 11 is 0. The molecule has 4 heteroatoms. The average Bonchev–Trinajstić information content (AvgIpc) is 2.58. The molecule has 0 unspecified atom stereocenters. The first-order valence-electron chi connectivity index (χ1n) is 7.97. The molecule has 0 bridgehead atoms. The van der Waals surface area contributed by atoms with Gasteiger partial charge in [-0.25, -0.2) is 0 Å². The van der Waals surface area contributed by atoms with Gasteiger partial charge in [0.15, 0.2) is 0 Å². The third-order valence-corrected chi connectivity index (χ3v) is 3.74. The van der Waals surface area contributed by atoms with Crippen LogP contribution in [0.15, 0.2) is 48.5 Å². The number of aliphatic hydroxyl groups is 1. The predicted molar refractivity (Wildman–Crippen MR) is 94.5 cm³/mol. The van der Waals surface area contributed by atoms with Crippen molar-refractivity contribution in [2.45, 2.75) is 26.4 Å². The summed E-state index contributed by atoms with van der Waals surface area (Å²) in [4.78, 5) is 14.6. The minimum atomic E-state index is -0.967. The molecule has 0 fully saturated rings. The van der Waals surface area contributed by atoms with Crippen LogP contribution in [0.4, 0.5) is 0 Å². The summed E-state index contributed by atoms with van der Waals surface area (Å²) in [5, 5.41) is 19.4. The molecule has 0 aromatic heterocycles. The van der Waals surface area contributed by atoms with Crippen molar-refractivity contribution >= 4 is 5.91 Å². The van der Waals surface area contributed by atoms with Crippen molar-refractivity contribution < 1.29 is 9.90 Å². The van der Waals surface area contributed by atoms with Crippen LogP contribution >= 0.6 is 0 Å². The summed E-state index contributed by atoms with van der Waals surface area (Å²) in [6.07, 6.45) is 0. The number of benzene rings is 2. The van der Waals surface area contributed by atoms with Crippen LogP contribution in [-0.2, 0) is 0 Å². The van der Waals surface area contributed by atoms with Crippen LogP contribution in [0.1, 0.15) is 36.7 Å². The topological polar surface area (TPSA) is 64.3 Å². The number of hydrogen-bond donors (Lipinski definition) is 1. The van der Waals surface area contributed by atoms with Crippen molar-refractivity contribution in [1.82, 2.24) is 4.90 Å². The molecule has 4 nitrogen and oxygen atoms in total. The zero-order valence-electron chi connectivity index (χ0n) is 14.3. The van der Waals surface area contributed by atoms with Crippen LogP contribution in [0.2, 0.25) is 0 Å². The monoisotopic (exact) mass is 322 g/mol. The van der Waals surface area contributed by atoms with E-state index in [1.807, 2.05) is 37.3 Å². The Labute approximate surface area is 143 Å². The fourth-order valence-corrected chi connectivity index (χ4v) is 2.68. The Kier molecular flexibility index (Phi) is 5.38. The average molecular weight is 322 g/mol. The molecule has 0 spiro atoms. The Morgan fingerprint density at radius 3 is 2.29 bits per heavy atom. The molecule has 0 saturated heterocycles. The SMILES string of the molecule is CCN(CC(C)(C)O)C(=O)c1ccccc1-c1ccccc1C#N. The zero-order chi connectivity index (χ0) is 17.7. The van der Waals surface area contributed by atoms with Crippen LogP contribution in [0.3, 0.4) is 0 Å². The normalized spacial score (nSPS) is 11.0. The molecule has 2 aromatic rings. The van der Waals surface area contributed by atoms with Gasteiger partial charge in [-0.1, -0.05) is 36.4 Å². The molecular weight excluding hydrogens is 300 g/mol. The highest BCUT2D eigenvalue weighted by molar-refractivity contribution is 6.01. The molecule has 0 radical (unpaired) electrons. The Bertz CT molecular complexity index is 770. The van der Waals surface area contributed by atoms with Gasteiger partial charge in [0.05, 0.1) is 17.2 Å². The van der Waals surface area contributed by atoms with E-state index in [0.29, 0.717) is 17.7 Å². The minimum Gasteiger partial charge on any atom is -0.389 e. The molecule has 0 heterocycles. The molecule has 24 heavy (non-hydrogen) atoms. The van der Waals surface area contributed by atoms with Crippen molar-refractivity contribution in [3.8, 4) is 17.2 Å². The Balaban J connectivity index is 2.49. The van der Waals surface area contributed by atoms with Gasteiger partial charge in [-0.3, -0.25) is 4.79 Å². The summed E-state index contributed by atoms with van der Waals surface area (Å²) in [5.74, 6) is -0.150. The minimum absolute atomic E-state index is 0.150. The van der Waals surface area contributed by atoms with Gasteiger partial charge in [0.1, 0.15) is 0 Å². The highest BCUT2D eigenvalue weighted by atomic mass is 16.3. The number of likely N-dealkylation sites (N-methyl/N-ethyl adjacent to an activating group) is 1. The predicted octanol–water partition coefficient (Wildman–Crippen LogP) is 3.46. The van der Waals surface area contributed by atoms with Gasteiger partial charge in [0, 0.05) is 24.2 Å². The maximum atomic E-state index is 13.0. The number of nitrogens with zero attached hydrogens (tertiary/aromatic N) is 2. The zero-order valence-corrected chi connectivity index (χ0v) is 14.3. The Morgan fingerprint density at radius 1 is 1.12 bits per heavy atom. The summed E-state index contributed by atoms with van der Waals surface area (Å²) < 4.78 is 0. The lowest BCUT2D eigenvalue weighted by Gasteiger charge is -2.28. The fraction of sp³-hybridized carbons (Fsp3) is 0.300. The van der Waals surface area contributed by atoms with Crippen molar-refractivity contribution in [3.63, 3.8) is 0 Å². The van der Waals surface area contributed by atoms with Gasteiger partial charge in [0.25, 0.3) is 5.91 Å². The Hall–Kier alpha value is -2.64. The standard InChI is InChI=1S/C20H22N2O2/c1-4-22(14-20(2,3)24)19(23)18-12-8-7-11-17(18)16-10-6-5-9-15(16)13-21/h5-12,24H,4,14H2,1-3H3. The molecule has 2 rings (SSSR count). The van der Waals surface area contributed by atoms with E-state index < -0.39 is 5.60 Å². The highest BCUT2D eigenvalue weighted by Gasteiger charge is 2.24. The maximum absolute atomic E-state index is 13.0. The fourth-order valence-electron chi connectivity index (χ4n) is 2.68. The molecule has 124 valence electrons. The number of nitriles is 1. The largest absolute Gasteiger partial charge is 0.389 e. The number of hydrogen-bond acceptors (Lipinski definition) is 3. The molecule has 0 saturated carbocycles. The van der Waals surface area contributed by atoms with Crippen LogP contribution in [0, 0.1) is 11.3 Å². The van der Waals surface area contributed by atoms with Crippen LogP contribution in [0.5, 0.6) is 0 Å². The van der Waals surface area contributed by atoms with Crippen molar-refractivity contribution in [3.05, 3.63) is 59.7 Å². The van der Waals surface area contributed by atoms with E-state index in [0.717, 1.165) is 11.1 Å². The second-order valence-electron chi connectivity index (χ2n) is 6.33. The second-order valence-corrected chi connectivity index (χ2v) is 6.33. The smallest absolute Gasteiger partial charge is 0.254 e. The second kappa shape index (κ2) is 7.29. The lowest BCUT2D eigenvalue weighted by molar-refractivity contribution is 0.0315. The molecule has 0 aliphatic heterocycles. The lowest BCUT2D eigenvalue weighted by Crippen LogP contribution is -2.42. The first-order valence-corrected chi connectivity index (χ1v) is 7.97. The lowest BCUT2D eigenvalue weighted by atomic mass is 9.95. The van der Waals surface area contributed by atoms with E-state index in [9.17, 15) is 15.2 Å². The van der Waals surface area contributed by atoms with Crippen LogP contribution in [-0.4, -0.2) is 34.6 Å². The van der Waals surface area contributed by atoms with Crippen molar-refractivity contribution in [2.75, 3.05) is 13.1 Å². The summed E-state index contributed by atoms with van der Waals surface area (Å²) in [6.45, 7) is 5.99. The number of carbonyl (C=O) groups is 1. The van der Waals surface area contributed by atoms with E-state index in [4.69, 9.17) is 0 Å². The summed E-state index contributed by atoms with van der Waals surface area (Å²) in [5.41, 5.74) is 1.57. The van der Waals surface area contributed by atoms with Gasteiger partial charge in [-0.15, -0.1) is 0 Å². The third kappa shape index (κ3) is 4.01. The third-order valence-electron chi connectivity index (χ3n) is 3.74. The van der Waals surface area contributed by atoms with E-state index >= 15 is 0 Å². The van der Waals surface area contributed by atoms with Gasteiger partial charge in [-0.2, -0.15) is 5.26 Å². The molecule has 1 amide bonds. The van der Waals surface area contributed by atoms with Gasteiger partial charge in [-0.05, 0) is 38.5 Å². The van der Waals surface area contributed by atoms with Crippen molar-refractivity contribution in [2.24, 2.45) is 0 Å². The summed E-state index contributed by atoms with van der Waals surface area (Å²) in [7, 11) is 0. The number of rotatable bonds is 5. The van der Waals surface area contributed by atoms with E-state index in [-0.39, 0.29) is 12.5 Å². The highest BCUT2D eigenvalue weighted by Crippen LogP contribution is 2.28. The van der Waals surface area contributed by atoms with E-state index in [2.05, 4.69) is 6.07 Å². The molecular formula is C20H22N2O2.